The highest BCUT2D eigenvalue weighted by molar-refractivity contribution is 7.99. The lowest BCUT2D eigenvalue weighted by Crippen LogP contribution is -1.89. The molecule has 0 aliphatic carbocycles. The van der Waals surface area contributed by atoms with Crippen LogP contribution in [0.2, 0.25) is 0 Å². The maximum atomic E-state index is 8.73. The molecule has 2 aromatic carbocycles. The Morgan fingerprint density at radius 3 is 2.44 bits per heavy atom. The van der Waals surface area contributed by atoms with E-state index in [9.17, 15) is 0 Å². The molecule has 2 nitrogen and oxygen atoms in total. The summed E-state index contributed by atoms with van der Waals surface area (Å²) in [5, 5.41) is 8.73. The molecular formula is C13H10N2S. The molecule has 2 N–H and O–H groups in total. The van der Waals surface area contributed by atoms with Gasteiger partial charge in [-0.15, -0.1) is 0 Å². The van der Waals surface area contributed by atoms with Crippen LogP contribution < -0.4 is 5.73 Å². The normalized spacial score (nSPS) is 9.69. The molecule has 0 spiro atoms. The van der Waals surface area contributed by atoms with Gasteiger partial charge in [-0.2, -0.15) is 5.26 Å². The van der Waals surface area contributed by atoms with Crippen LogP contribution in [0.15, 0.2) is 58.3 Å². The second-order valence-corrected chi connectivity index (χ2v) is 4.39. The van der Waals surface area contributed by atoms with Crippen molar-refractivity contribution in [1.29, 1.82) is 5.26 Å². The van der Waals surface area contributed by atoms with E-state index in [1.165, 1.54) is 0 Å². The van der Waals surface area contributed by atoms with Gasteiger partial charge in [0.25, 0.3) is 0 Å². The summed E-state index contributed by atoms with van der Waals surface area (Å²) in [6.45, 7) is 0. The first-order valence-corrected chi connectivity index (χ1v) is 5.64. The summed E-state index contributed by atoms with van der Waals surface area (Å²) in [6.07, 6.45) is 0. The fourth-order valence-corrected chi connectivity index (χ4v) is 2.19. The van der Waals surface area contributed by atoms with Crippen LogP contribution in [0, 0.1) is 11.3 Å². The predicted molar refractivity (Wildman–Crippen MR) is 66.1 cm³/mol. The molecule has 2 aromatic rings. The average Bonchev–Trinajstić information content (AvgIpc) is 2.33. The molecule has 2 rings (SSSR count). The van der Waals surface area contributed by atoms with E-state index in [1.54, 1.807) is 23.9 Å². The lowest BCUT2D eigenvalue weighted by atomic mass is 10.2. The van der Waals surface area contributed by atoms with Crippen LogP contribution in [0.25, 0.3) is 0 Å². The molecular weight excluding hydrogens is 216 g/mol. The zero-order valence-electron chi connectivity index (χ0n) is 8.55. The van der Waals surface area contributed by atoms with Crippen molar-refractivity contribution in [2.75, 3.05) is 5.73 Å². The zero-order valence-corrected chi connectivity index (χ0v) is 9.37. The van der Waals surface area contributed by atoms with Gasteiger partial charge in [-0.05, 0) is 30.3 Å². The van der Waals surface area contributed by atoms with Crippen LogP contribution in [0.1, 0.15) is 5.56 Å². The molecule has 0 aromatic heterocycles. The summed E-state index contributed by atoms with van der Waals surface area (Å²) < 4.78 is 0. The van der Waals surface area contributed by atoms with Crippen LogP contribution in [0.5, 0.6) is 0 Å². The summed E-state index contributed by atoms with van der Waals surface area (Å²) in [7, 11) is 0. The van der Waals surface area contributed by atoms with Gasteiger partial charge in [0.05, 0.1) is 11.6 Å². The molecule has 0 atom stereocenters. The highest BCUT2D eigenvalue weighted by Crippen LogP contribution is 2.32. The third kappa shape index (κ3) is 2.36. The van der Waals surface area contributed by atoms with E-state index in [4.69, 9.17) is 11.0 Å². The van der Waals surface area contributed by atoms with Gasteiger partial charge in [-0.25, -0.2) is 0 Å². The summed E-state index contributed by atoms with van der Waals surface area (Å²) in [6, 6.07) is 17.4. The summed E-state index contributed by atoms with van der Waals surface area (Å²) in [5.41, 5.74) is 7.11. The third-order valence-corrected chi connectivity index (χ3v) is 3.21. The van der Waals surface area contributed by atoms with Crippen molar-refractivity contribution in [3.05, 3.63) is 54.1 Å². The molecule has 0 bridgehead atoms. The highest BCUT2D eigenvalue weighted by atomic mass is 32.2. The van der Waals surface area contributed by atoms with Gasteiger partial charge >= 0.3 is 0 Å². The molecule has 0 aliphatic rings. The fraction of sp³-hybridized carbons (Fsp3) is 0. The Hall–Kier alpha value is -1.92. The standard InChI is InChI=1S/C13H10N2S/c14-9-10-6-7-13(12(15)8-10)16-11-4-2-1-3-5-11/h1-8H,15H2. The van der Waals surface area contributed by atoms with Gasteiger partial charge in [0.2, 0.25) is 0 Å². The molecule has 0 saturated carbocycles. The van der Waals surface area contributed by atoms with Gasteiger partial charge in [0.1, 0.15) is 0 Å². The van der Waals surface area contributed by atoms with Gasteiger partial charge in [0, 0.05) is 15.5 Å². The van der Waals surface area contributed by atoms with E-state index in [0.717, 1.165) is 9.79 Å². The molecule has 78 valence electrons. The monoisotopic (exact) mass is 226 g/mol. The number of nitriles is 1. The molecule has 0 saturated heterocycles. The number of hydrogen-bond donors (Lipinski definition) is 1. The van der Waals surface area contributed by atoms with E-state index < -0.39 is 0 Å². The quantitative estimate of drug-likeness (QED) is 0.799. The molecule has 0 radical (unpaired) electrons. The summed E-state index contributed by atoms with van der Waals surface area (Å²) >= 11 is 1.60. The van der Waals surface area contributed by atoms with Crippen LogP contribution in [-0.4, -0.2) is 0 Å². The van der Waals surface area contributed by atoms with E-state index in [2.05, 4.69) is 6.07 Å². The first kappa shape index (κ1) is 10.6. The van der Waals surface area contributed by atoms with E-state index in [0.29, 0.717) is 11.3 Å². The van der Waals surface area contributed by atoms with Crippen molar-refractivity contribution in [2.24, 2.45) is 0 Å². The topological polar surface area (TPSA) is 49.8 Å². The van der Waals surface area contributed by atoms with E-state index in [1.807, 2.05) is 36.4 Å². The van der Waals surface area contributed by atoms with Gasteiger partial charge < -0.3 is 5.73 Å². The van der Waals surface area contributed by atoms with Crippen LogP contribution >= 0.6 is 11.8 Å². The summed E-state index contributed by atoms with van der Waals surface area (Å²) in [4.78, 5) is 2.11. The number of nitrogens with zero attached hydrogens (tertiary/aromatic N) is 1. The summed E-state index contributed by atoms with van der Waals surface area (Å²) in [5.74, 6) is 0. The first-order chi connectivity index (χ1) is 7.79. The van der Waals surface area contributed by atoms with Crippen LogP contribution in [-0.2, 0) is 0 Å². The van der Waals surface area contributed by atoms with E-state index in [-0.39, 0.29) is 0 Å². The maximum Gasteiger partial charge on any atom is 0.0992 e. The van der Waals surface area contributed by atoms with Crippen molar-refractivity contribution < 1.29 is 0 Å². The minimum atomic E-state index is 0.593. The first-order valence-electron chi connectivity index (χ1n) is 4.82. The fourth-order valence-electron chi connectivity index (χ4n) is 1.33. The van der Waals surface area contributed by atoms with Crippen molar-refractivity contribution in [2.45, 2.75) is 9.79 Å². The molecule has 0 amide bonds. The minimum Gasteiger partial charge on any atom is -0.398 e. The Morgan fingerprint density at radius 2 is 1.81 bits per heavy atom. The highest BCUT2D eigenvalue weighted by Gasteiger charge is 2.02. The Labute approximate surface area is 98.7 Å². The molecule has 0 fully saturated rings. The van der Waals surface area contributed by atoms with Crippen molar-refractivity contribution in [3.8, 4) is 6.07 Å². The lowest BCUT2D eigenvalue weighted by molar-refractivity contribution is 1.39. The Balaban J connectivity index is 2.27. The number of nitrogen functional groups attached to an aromatic ring is 1. The molecule has 0 heterocycles. The second kappa shape index (κ2) is 4.73. The zero-order chi connectivity index (χ0) is 11.4. The van der Waals surface area contributed by atoms with Gasteiger partial charge in [0.15, 0.2) is 0 Å². The minimum absolute atomic E-state index is 0.593. The molecule has 3 heteroatoms. The number of nitrogens with two attached hydrogens (primary N) is 1. The van der Waals surface area contributed by atoms with Crippen molar-refractivity contribution in [1.82, 2.24) is 0 Å². The smallest absolute Gasteiger partial charge is 0.0992 e. The van der Waals surface area contributed by atoms with Crippen molar-refractivity contribution in [3.63, 3.8) is 0 Å². The van der Waals surface area contributed by atoms with Gasteiger partial charge in [-0.3, -0.25) is 0 Å². The predicted octanol–water partition coefficient (Wildman–Crippen LogP) is 3.29. The second-order valence-electron chi connectivity index (χ2n) is 3.28. The third-order valence-electron chi connectivity index (χ3n) is 2.11. The van der Waals surface area contributed by atoms with Crippen LogP contribution in [0.4, 0.5) is 5.69 Å². The number of rotatable bonds is 2. The Kier molecular flexibility index (Phi) is 3.13. The lowest BCUT2D eigenvalue weighted by Gasteiger charge is -2.05. The average molecular weight is 226 g/mol. The number of hydrogen-bond acceptors (Lipinski definition) is 3. The Bertz CT molecular complexity index is 529. The maximum absolute atomic E-state index is 8.73. The van der Waals surface area contributed by atoms with Gasteiger partial charge in [-0.1, -0.05) is 30.0 Å². The van der Waals surface area contributed by atoms with Crippen LogP contribution in [0.3, 0.4) is 0 Å². The number of anilines is 1. The van der Waals surface area contributed by atoms with E-state index >= 15 is 0 Å². The number of benzene rings is 2. The Morgan fingerprint density at radius 1 is 1.06 bits per heavy atom. The molecule has 16 heavy (non-hydrogen) atoms. The largest absolute Gasteiger partial charge is 0.398 e. The molecule has 0 unspecified atom stereocenters. The molecule has 0 aliphatic heterocycles. The van der Waals surface area contributed by atoms with Crippen molar-refractivity contribution >= 4 is 17.4 Å². The SMILES string of the molecule is N#Cc1ccc(Sc2ccccc2)c(N)c1.